The number of anilines is 1. The number of amides is 2. The number of ether oxygens (including phenoxy) is 1. The minimum absolute atomic E-state index is 0.0392. The number of methoxy groups -OCH3 is 1. The highest BCUT2D eigenvalue weighted by Gasteiger charge is 2.57. The molecule has 2 amide bonds. The summed E-state index contributed by atoms with van der Waals surface area (Å²) in [5, 5.41) is 29.2. The molecule has 3 saturated carbocycles. The van der Waals surface area contributed by atoms with Crippen LogP contribution in [0, 0.1) is 29.1 Å². The van der Waals surface area contributed by atoms with Gasteiger partial charge in [0.2, 0.25) is 5.91 Å². The van der Waals surface area contributed by atoms with Gasteiger partial charge < -0.3 is 34.9 Å². The van der Waals surface area contributed by atoms with Crippen LogP contribution in [-0.2, 0) is 22.6 Å². The number of hydrogen-bond acceptors (Lipinski definition) is 9. The van der Waals surface area contributed by atoms with E-state index in [0.29, 0.717) is 42.0 Å². The minimum atomic E-state index is -0.898. The smallest absolute Gasteiger partial charge is 0.251 e. The molecule has 2 heterocycles. The number of fused-ring (bicyclic) bond motifs is 2. The molecule has 7 rings (SSSR count). The first kappa shape index (κ1) is 36.9. The SMILES string of the molecule is COc1c(CN2O[C@@H](CO)[C@@H]([C@H](C)O)[C@H]2C(=O)N[C@H]2C[C@H]3C[C@@H]([C@@H]2C)C3(C)C)cccc1-c1cc(C(=O)NCCc2ccco2)cc(N(C)C)c1. The van der Waals surface area contributed by atoms with Crippen molar-refractivity contribution in [1.82, 2.24) is 15.7 Å². The Balaban J connectivity index is 1.26. The van der Waals surface area contributed by atoms with Crippen LogP contribution >= 0.6 is 0 Å². The van der Waals surface area contributed by atoms with E-state index in [-0.39, 0.29) is 36.4 Å². The number of hydroxylamine groups is 2. The fourth-order valence-electron chi connectivity index (χ4n) is 8.84. The molecule has 3 aromatic rings. The Morgan fingerprint density at radius 2 is 1.92 bits per heavy atom. The normalized spacial score (nSPS) is 27.4. The van der Waals surface area contributed by atoms with Crippen LogP contribution in [0.4, 0.5) is 5.69 Å². The number of carbonyl (C=O) groups is 2. The third-order valence-corrected chi connectivity index (χ3v) is 11.9. The first-order valence-electron chi connectivity index (χ1n) is 18.2. The molecule has 11 nitrogen and oxygen atoms in total. The molecule has 0 spiro atoms. The molecule has 4 N–H and O–H groups in total. The van der Waals surface area contributed by atoms with Gasteiger partial charge in [0.15, 0.2) is 0 Å². The lowest BCUT2D eigenvalue weighted by atomic mass is 9.45. The summed E-state index contributed by atoms with van der Waals surface area (Å²) < 4.78 is 11.4. The van der Waals surface area contributed by atoms with Gasteiger partial charge in [-0.1, -0.05) is 39.0 Å². The highest BCUT2D eigenvalue weighted by atomic mass is 16.7. The number of nitrogens with one attached hydrogen (secondary N) is 2. The zero-order chi connectivity index (χ0) is 36.6. The van der Waals surface area contributed by atoms with E-state index in [1.807, 2.05) is 67.5 Å². The van der Waals surface area contributed by atoms with Crippen LogP contribution in [0.2, 0.25) is 0 Å². The van der Waals surface area contributed by atoms with Gasteiger partial charge in [0, 0.05) is 61.4 Å². The van der Waals surface area contributed by atoms with E-state index in [4.69, 9.17) is 14.0 Å². The highest BCUT2D eigenvalue weighted by molar-refractivity contribution is 5.97. The zero-order valence-electron chi connectivity index (χ0n) is 30.9. The summed E-state index contributed by atoms with van der Waals surface area (Å²) in [6.45, 7) is 8.80. The van der Waals surface area contributed by atoms with Gasteiger partial charge in [-0.3, -0.25) is 14.4 Å². The number of nitrogens with zero attached hydrogens (tertiary/aromatic N) is 2. The monoisotopic (exact) mass is 702 g/mol. The van der Waals surface area contributed by atoms with E-state index in [1.54, 1.807) is 25.4 Å². The topological polar surface area (TPSA) is 137 Å². The molecule has 1 saturated heterocycles. The average Bonchev–Trinajstić information content (AvgIpc) is 3.76. The summed E-state index contributed by atoms with van der Waals surface area (Å²) in [4.78, 5) is 35.8. The first-order valence-corrected chi connectivity index (χ1v) is 18.2. The van der Waals surface area contributed by atoms with E-state index in [9.17, 15) is 19.8 Å². The summed E-state index contributed by atoms with van der Waals surface area (Å²) in [5.41, 5.74) is 3.95. The molecule has 0 unspecified atom stereocenters. The van der Waals surface area contributed by atoms with E-state index < -0.39 is 24.2 Å². The van der Waals surface area contributed by atoms with Crippen molar-refractivity contribution < 1.29 is 33.8 Å². The van der Waals surface area contributed by atoms with Crippen molar-refractivity contribution in [3.05, 3.63) is 71.7 Å². The van der Waals surface area contributed by atoms with Crippen LogP contribution in [0.1, 0.15) is 62.2 Å². The number of hydrogen-bond donors (Lipinski definition) is 4. The Morgan fingerprint density at radius 3 is 2.55 bits per heavy atom. The molecule has 11 heteroatoms. The van der Waals surface area contributed by atoms with Gasteiger partial charge in [-0.05, 0) is 78.8 Å². The van der Waals surface area contributed by atoms with Gasteiger partial charge in [0.25, 0.3) is 5.91 Å². The maximum Gasteiger partial charge on any atom is 0.251 e. The van der Waals surface area contributed by atoms with Crippen molar-refractivity contribution in [3.63, 3.8) is 0 Å². The lowest BCUT2D eigenvalue weighted by molar-refractivity contribution is -0.183. The molecular formula is C40H54N4O7. The number of aliphatic hydroxyl groups is 2. The molecular weight excluding hydrogens is 648 g/mol. The summed E-state index contributed by atoms with van der Waals surface area (Å²) in [6.07, 6.45) is 2.68. The fraction of sp³-hybridized carbons (Fsp3) is 0.550. The summed E-state index contributed by atoms with van der Waals surface area (Å²) >= 11 is 0. The molecule has 4 aliphatic rings. The van der Waals surface area contributed by atoms with Crippen LogP contribution in [0.25, 0.3) is 11.1 Å². The number of para-hydroxylation sites is 1. The Labute approximate surface area is 301 Å². The third-order valence-electron chi connectivity index (χ3n) is 11.9. The van der Waals surface area contributed by atoms with E-state index in [2.05, 4.69) is 31.4 Å². The predicted octanol–water partition coefficient (Wildman–Crippen LogP) is 4.65. The molecule has 2 bridgehead atoms. The predicted molar refractivity (Wildman–Crippen MR) is 195 cm³/mol. The van der Waals surface area contributed by atoms with Gasteiger partial charge in [0.1, 0.15) is 23.7 Å². The van der Waals surface area contributed by atoms with Crippen molar-refractivity contribution in [2.24, 2.45) is 29.1 Å². The quantitative estimate of drug-likeness (QED) is 0.201. The maximum absolute atomic E-state index is 14.2. The van der Waals surface area contributed by atoms with Crippen LogP contribution in [0.3, 0.4) is 0 Å². The largest absolute Gasteiger partial charge is 0.496 e. The summed E-state index contributed by atoms with van der Waals surface area (Å²) in [7, 11) is 5.45. The average molecular weight is 703 g/mol. The van der Waals surface area contributed by atoms with Crippen molar-refractivity contribution in [1.29, 1.82) is 0 Å². The molecule has 4 fully saturated rings. The molecule has 1 aliphatic heterocycles. The molecule has 3 aliphatic carbocycles. The summed E-state index contributed by atoms with van der Waals surface area (Å²) in [6, 6.07) is 14.4. The number of rotatable bonds is 13. The first-order chi connectivity index (χ1) is 24.3. The summed E-state index contributed by atoms with van der Waals surface area (Å²) in [5.74, 6) is 1.80. The second-order valence-electron chi connectivity index (χ2n) is 15.5. The molecule has 1 aromatic heterocycles. The van der Waals surface area contributed by atoms with Crippen molar-refractivity contribution in [2.45, 2.75) is 77.8 Å². The van der Waals surface area contributed by atoms with Gasteiger partial charge in [-0.2, -0.15) is 5.06 Å². The van der Waals surface area contributed by atoms with E-state index >= 15 is 0 Å². The molecule has 51 heavy (non-hydrogen) atoms. The third kappa shape index (κ3) is 7.26. The van der Waals surface area contributed by atoms with Crippen molar-refractivity contribution in [2.75, 3.05) is 39.3 Å². The van der Waals surface area contributed by atoms with Crippen LogP contribution in [0.5, 0.6) is 5.75 Å². The Morgan fingerprint density at radius 1 is 1.14 bits per heavy atom. The van der Waals surface area contributed by atoms with Crippen LogP contribution in [0.15, 0.2) is 59.2 Å². The minimum Gasteiger partial charge on any atom is -0.496 e. The van der Waals surface area contributed by atoms with Gasteiger partial charge in [0.05, 0.1) is 32.6 Å². The second kappa shape index (κ2) is 15.0. The lowest BCUT2D eigenvalue weighted by Crippen LogP contribution is -2.62. The Kier molecular flexibility index (Phi) is 10.8. The Bertz CT molecular complexity index is 1690. The highest BCUT2D eigenvalue weighted by Crippen LogP contribution is 2.61. The molecule has 276 valence electrons. The van der Waals surface area contributed by atoms with Crippen LogP contribution in [-0.4, -0.2) is 85.7 Å². The van der Waals surface area contributed by atoms with Crippen molar-refractivity contribution in [3.8, 4) is 16.9 Å². The van der Waals surface area contributed by atoms with Gasteiger partial charge in [-0.15, -0.1) is 0 Å². The van der Waals surface area contributed by atoms with E-state index in [0.717, 1.165) is 34.6 Å². The van der Waals surface area contributed by atoms with Gasteiger partial charge in [-0.25, -0.2) is 0 Å². The van der Waals surface area contributed by atoms with Crippen molar-refractivity contribution >= 4 is 17.5 Å². The standard InChI is InChI=1S/C40H54N4O7/c1-23-32-19-28(40(32,3)4)20-33(23)42-39(48)36-35(24(2)46)34(22-45)51-44(36)21-25-10-8-12-31(37(25)49-7)26-16-27(18-29(17-26)43(5)6)38(47)41-14-13-30-11-9-15-50-30/h8-12,15-18,23-24,28,32-36,45-46H,13-14,19-22H2,1-7H3,(H,41,47)(H,42,48)/t23-,24-,28+,32-,33-,34-,35+,36-/m0/s1. The maximum atomic E-state index is 14.2. The number of carbonyl (C=O) groups excluding carboxylic acids is 2. The number of benzene rings is 2. The second-order valence-corrected chi connectivity index (χ2v) is 15.5. The van der Waals surface area contributed by atoms with Crippen LogP contribution < -0.4 is 20.3 Å². The molecule has 0 radical (unpaired) electrons. The molecule has 8 atom stereocenters. The van der Waals surface area contributed by atoms with E-state index in [1.165, 1.54) is 6.42 Å². The number of aliphatic hydroxyl groups excluding tert-OH is 2. The zero-order valence-corrected chi connectivity index (χ0v) is 30.9. The van der Waals surface area contributed by atoms with Gasteiger partial charge >= 0.3 is 0 Å². The Hall–Kier alpha value is -3.90. The fourth-order valence-corrected chi connectivity index (χ4v) is 8.84. The molecule has 2 aromatic carbocycles. The number of furan rings is 1. The lowest BCUT2D eigenvalue weighted by Gasteiger charge is -2.62.